The van der Waals surface area contributed by atoms with Crippen LogP contribution in [-0.2, 0) is 26.0 Å². The number of ether oxygens (including phenoxy) is 7. The van der Waals surface area contributed by atoms with E-state index in [0.29, 0.717) is 110 Å². The summed E-state index contributed by atoms with van der Waals surface area (Å²) >= 11 is 0. The highest BCUT2D eigenvalue weighted by Gasteiger charge is 2.29. The van der Waals surface area contributed by atoms with Gasteiger partial charge in [0.05, 0.1) is 64.2 Å². The van der Waals surface area contributed by atoms with Crippen molar-refractivity contribution >= 4 is 34.0 Å². The van der Waals surface area contributed by atoms with Crippen LogP contribution in [0, 0.1) is 5.92 Å². The highest BCUT2D eigenvalue weighted by Crippen LogP contribution is 2.40. The zero-order chi connectivity index (χ0) is 41.8. The monoisotopic (exact) mass is 806 g/mol. The first-order valence-electron chi connectivity index (χ1n) is 19.8. The molecule has 4 aromatic carbocycles. The SMILES string of the molecule is COCCOCCOCCOc1cc(Cc2nccc(Oc3ccc(NC(=O)Nc4cc(C(C)(C)C)cc(C(=O)CC5CC5)c4OC)c4ccccc34)n2)cc(OC)c1. The van der Waals surface area contributed by atoms with E-state index in [-0.39, 0.29) is 11.2 Å². The molecular formula is C46H54N4O9. The van der Waals surface area contributed by atoms with Gasteiger partial charge in [-0.2, -0.15) is 4.98 Å². The van der Waals surface area contributed by atoms with Crippen LogP contribution >= 0.6 is 0 Å². The second-order valence-electron chi connectivity index (χ2n) is 15.3. The van der Waals surface area contributed by atoms with Gasteiger partial charge in [0, 0.05) is 49.1 Å². The molecule has 312 valence electrons. The number of carbonyl (C=O) groups excluding carboxylic acids is 2. The number of hydrogen-bond donors (Lipinski definition) is 2. The average molecular weight is 807 g/mol. The lowest BCUT2D eigenvalue weighted by Crippen LogP contribution is -2.22. The van der Waals surface area contributed by atoms with Crippen molar-refractivity contribution in [2.45, 2.75) is 51.9 Å². The molecule has 1 fully saturated rings. The fourth-order valence-electron chi connectivity index (χ4n) is 6.46. The van der Waals surface area contributed by atoms with Gasteiger partial charge in [0.15, 0.2) is 11.5 Å². The minimum atomic E-state index is -0.479. The van der Waals surface area contributed by atoms with E-state index < -0.39 is 6.03 Å². The molecule has 2 N–H and O–H groups in total. The van der Waals surface area contributed by atoms with Crippen molar-refractivity contribution in [1.82, 2.24) is 9.97 Å². The van der Waals surface area contributed by atoms with Crippen molar-refractivity contribution in [3.63, 3.8) is 0 Å². The number of carbonyl (C=O) groups is 2. The van der Waals surface area contributed by atoms with E-state index >= 15 is 0 Å². The van der Waals surface area contributed by atoms with Gasteiger partial charge in [-0.15, -0.1) is 0 Å². The number of methoxy groups -OCH3 is 3. The molecule has 0 aliphatic heterocycles. The Morgan fingerprint density at radius 3 is 2.19 bits per heavy atom. The molecule has 5 aromatic rings. The Labute approximate surface area is 345 Å². The standard InChI is InChI=1S/C46H54N4O9/c1-46(2,3)32-27-37(40(51)25-30-11-12-30)44(55-6)39(28-32)49-45(52)48-38-13-14-41(36-10-8-7-9-35(36)38)59-43-15-16-47-42(50-43)26-31-23-33(54-5)29-34(24-31)58-22-21-57-20-19-56-18-17-53-4/h7-10,13-16,23-24,27-30H,11-12,17-22,25-26H2,1-6H3,(H2,48,49,52). The zero-order valence-corrected chi connectivity index (χ0v) is 34.7. The van der Waals surface area contributed by atoms with Crippen LogP contribution in [0.5, 0.6) is 28.9 Å². The number of Topliss-reactive ketones (excluding diaryl/α,β-unsaturated/α-hetero) is 1. The van der Waals surface area contributed by atoms with E-state index in [2.05, 4.69) is 36.4 Å². The highest BCUT2D eigenvalue weighted by atomic mass is 16.6. The second-order valence-corrected chi connectivity index (χ2v) is 15.3. The third kappa shape index (κ3) is 12.1. The molecule has 59 heavy (non-hydrogen) atoms. The normalized spacial score (nSPS) is 12.6. The maximum absolute atomic E-state index is 13.6. The lowest BCUT2D eigenvalue weighted by atomic mass is 9.84. The van der Waals surface area contributed by atoms with Crippen LogP contribution in [0.1, 0.15) is 67.3 Å². The van der Waals surface area contributed by atoms with Crippen molar-refractivity contribution in [3.05, 3.63) is 102 Å². The van der Waals surface area contributed by atoms with Crippen LogP contribution < -0.4 is 29.6 Å². The van der Waals surface area contributed by atoms with Gasteiger partial charge in [-0.25, -0.2) is 9.78 Å². The first-order valence-corrected chi connectivity index (χ1v) is 19.8. The number of amides is 2. The van der Waals surface area contributed by atoms with Crippen molar-refractivity contribution in [2.24, 2.45) is 5.92 Å². The summed E-state index contributed by atoms with van der Waals surface area (Å²) in [6, 6.07) is 21.9. The molecule has 0 spiro atoms. The molecule has 6 rings (SSSR count). The topological polar surface area (TPSA) is 149 Å². The Morgan fingerprint density at radius 1 is 0.763 bits per heavy atom. The molecule has 1 aliphatic rings. The van der Waals surface area contributed by atoms with Crippen LogP contribution in [0.2, 0.25) is 0 Å². The molecule has 0 radical (unpaired) electrons. The Balaban J connectivity index is 1.13. The molecule has 0 saturated heterocycles. The van der Waals surface area contributed by atoms with Gasteiger partial charge in [-0.05, 0) is 71.7 Å². The smallest absolute Gasteiger partial charge is 0.323 e. The zero-order valence-electron chi connectivity index (χ0n) is 34.7. The number of aromatic nitrogens is 2. The minimum Gasteiger partial charge on any atom is -0.497 e. The predicted molar refractivity (Wildman–Crippen MR) is 227 cm³/mol. The Hall–Kier alpha value is -5.76. The number of urea groups is 1. The second kappa shape index (κ2) is 20.3. The Bertz CT molecular complexity index is 2220. The van der Waals surface area contributed by atoms with E-state index in [9.17, 15) is 9.59 Å². The minimum absolute atomic E-state index is 0.0186. The number of hydrogen-bond acceptors (Lipinski definition) is 11. The van der Waals surface area contributed by atoms with Gasteiger partial charge in [0.1, 0.15) is 29.7 Å². The average Bonchev–Trinajstić information content (AvgIpc) is 4.04. The van der Waals surface area contributed by atoms with Crippen LogP contribution in [0.4, 0.5) is 16.2 Å². The number of rotatable bonds is 21. The number of anilines is 2. The summed E-state index contributed by atoms with van der Waals surface area (Å²) in [7, 11) is 4.76. The van der Waals surface area contributed by atoms with Gasteiger partial charge < -0.3 is 43.8 Å². The number of fused-ring (bicyclic) bond motifs is 1. The van der Waals surface area contributed by atoms with Crippen LogP contribution in [-0.4, -0.2) is 82.8 Å². The number of ketones is 1. The molecule has 0 bridgehead atoms. The molecule has 1 aliphatic carbocycles. The fourth-order valence-corrected chi connectivity index (χ4v) is 6.46. The first-order chi connectivity index (χ1) is 28.5. The van der Waals surface area contributed by atoms with E-state index in [1.165, 1.54) is 7.11 Å². The maximum Gasteiger partial charge on any atom is 0.323 e. The summed E-state index contributed by atoms with van der Waals surface area (Å²) in [6.45, 7) is 9.03. The molecule has 0 atom stereocenters. The molecule has 0 unspecified atom stereocenters. The Kier molecular flexibility index (Phi) is 14.7. The third-order valence-electron chi connectivity index (χ3n) is 9.74. The van der Waals surface area contributed by atoms with E-state index in [1.54, 1.807) is 38.6 Å². The lowest BCUT2D eigenvalue weighted by molar-refractivity contribution is 0.0179. The molecular weight excluding hydrogens is 753 g/mol. The van der Waals surface area contributed by atoms with Crippen LogP contribution in [0.25, 0.3) is 10.8 Å². The first kappa shape index (κ1) is 42.8. The third-order valence-corrected chi connectivity index (χ3v) is 9.74. The summed E-state index contributed by atoms with van der Waals surface area (Å²) in [6.07, 6.45) is 4.65. The quantitative estimate of drug-likeness (QED) is 0.0541. The Morgan fingerprint density at radius 2 is 1.47 bits per heavy atom. The van der Waals surface area contributed by atoms with E-state index in [4.69, 9.17) is 38.1 Å². The van der Waals surface area contributed by atoms with Crippen LogP contribution in [0.3, 0.4) is 0 Å². The van der Waals surface area contributed by atoms with Gasteiger partial charge in [0.25, 0.3) is 0 Å². The lowest BCUT2D eigenvalue weighted by Gasteiger charge is -2.23. The maximum atomic E-state index is 13.6. The van der Waals surface area contributed by atoms with E-state index in [0.717, 1.165) is 34.7 Å². The predicted octanol–water partition coefficient (Wildman–Crippen LogP) is 9.01. The van der Waals surface area contributed by atoms with E-state index in [1.807, 2.05) is 54.6 Å². The summed E-state index contributed by atoms with van der Waals surface area (Å²) < 4.78 is 39.6. The van der Waals surface area contributed by atoms with Crippen molar-refractivity contribution in [1.29, 1.82) is 0 Å². The summed E-state index contributed by atoms with van der Waals surface area (Å²) in [5.74, 6) is 3.53. The largest absolute Gasteiger partial charge is 0.497 e. The summed E-state index contributed by atoms with van der Waals surface area (Å²) in [5, 5.41) is 7.49. The van der Waals surface area contributed by atoms with Gasteiger partial charge >= 0.3 is 6.03 Å². The molecule has 2 amide bonds. The molecule has 1 aromatic heterocycles. The van der Waals surface area contributed by atoms with Crippen molar-refractivity contribution in [2.75, 3.05) is 71.6 Å². The van der Waals surface area contributed by atoms with Gasteiger partial charge in [-0.1, -0.05) is 45.0 Å². The number of nitrogens with zero attached hydrogens (tertiary/aromatic N) is 2. The molecule has 1 heterocycles. The fraction of sp³-hybridized carbons (Fsp3) is 0.391. The number of nitrogens with one attached hydrogen (secondary N) is 2. The summed E-state index contributed by atoms with van der Waals surface area (Å²) in [5.41, 5.74) is 3.03. The van der Waals surface area contributed by atoms with Crippen LogP contribution in [0.15, 0.2) is 79.0 Å². The number of benzene rings is 4. The van der Waals surface area contributed by atoms with Crippen molar-refractivity contribution in [3.8, 4) is 28.9 Å². The summed E-state index contributed by atoms with van der Waals surface area (Å²) in [4.78, 5) is 36.2. The van der Waals surface area contributed by atoms with Gasteiger partial charge in [0.2, 0.25) is 5.88 Å². The molecule has 13 heteroatoms. The van der Waals surface area contributed by atoms with Gasteiger partial charge in [-0.3, -0.25) is 4.79 Å². The highest BCUT2D eigenvalue weighted by molar-refractivity contribution is 6.09. The molecule has 13 nitrogen and oxygen atoms in total. The van der Waals surface area contributed by atoms with Crippen molar-refractivity contribution < 1.29 is 42.7 Å². The molecule has 1 saturated carbocycles.